The van der Waals surface area contributed by atoms with Crippen LogP contribution < -0.4 is 0 Å². The molecular weight excluding hydrogens is 110 g/mol. The van der Waals surface area contributed by atoms with E-state index in [2.05, 4.69) is 12.2 Å². The van der Waals surface area contributed by atoms with E-state index in [9.17, 15) is 0 Å². The van der Waals surface area contributed by atoms with E-state index in [0.29, 0.717) is 0 Å². The average Bonchev–Trinajstić information content (AvgIpc) is 0.918. The normalized spacial score (nSPS) is 2.00. The van der Waals surface area contributed by atoms with Crippen molar-refractivity contribution in [3.8, 4) is 0 Å². The van der Waals surface area contributed by atoms with Crippen molar-refractivity contribution in [1.82, 2.24) is 0 Å². The zero-order chi connectivity index (χ0) is 2.71. The van der Waals surface area contributed by atoms with Gasteiger partial charge < -0.3 is 5.41 Å². The van der Waals surface area contributed by atoms with Gasteiger partial charge in [0, 0.05) is 17.4 Å². The molecule has 0 N–H and O–H groups in total. The molecule has 0 aliphatic carbocycles. The third kappa shape index (κ3) is 37.5. The third-order valence-electron chi connectivity index (χ3n) is 0. The molecule has 0 aromatic carbocycles. The van der Waals surface area contributed by atoms with E-state index in [0.717, 1.165) is 0 Å². The van der Waals surface area contributed by atoms with E-state index in [1.54, 1.807) is 0 Å². The quantitative estimate of drug-likeness (QED) is 0.331. The SMILES string of the molecule is [Cr].[N-]=C=S. The predicted molar refractivity (Wildman–Crippen MR) is 16.0 cm³/mol. The van der Waals surface area contributed by atoms with Gasteiger partial charge in [0.1, 0.15) is 0 Å². The van der Waals surface area contributed by atoms with Crippen molar-refractivity contribution in [2.45, 2.75) is 0 Å². The molecule has 0 rings (SSSR count). The second-order valence-corrected chi connectivity index (χ2v) is 0.274. The first-order valence-corrected chi connectivity index (χ1v) is 0.836. The van der Waals surface area contributed by atoms with Crippen LogP contribution in [0.3, 0.4) is 0 Å². The van der Waals surface area contributed by atoms with Crippen LogP contribution in [0.2, 0.25) is 0 Å². The molecule has 0 bridgehead atoms. The molecule has 0 aliphatic heterocycles. The van der Waals surface area contributed by atoms with Crippen molar-refractivity contribution in [3.05, 3.63) is 5.41 Å². The molecule has 0 saturated heterocycles. The molecule has 0 saturated carbocycles. The van der Waals surface area contributed by atoms with E-state index in [-0.39, 0.29) is 17.4 Å². The number of isothiocyanates is 1. The standard InChI is InChI=1S/CNS.Cr/c2-1-3;/q-1;. The van der Waals surface area contributed by atoms with Crippen LogP contribution in [0, 0.1) is 0 Å². The van der Waals surface area contributed by atoms with Gasteiger partial charge in [-0.3, -0.25) is 0 Å². The molecule has 0 aromatic heterocycles. The van der Waals surface area contributed by atoms with Gasteiger partial charge in [-0.1, -0.05) is 12.2 Å². The Bertz CT molecular complexity index is 29.0. The molecular formula is CCrNS-. The van der Waals surface area contributed by atoms with Gasteiger partial charge in [-0.25, -0.2) is 0 Å². The summed E-state index contributed by atoms with van der Waals surface area (Å²) in [7, 11) is 0. The summed E-state index contributed by atoms with van der Waals surface area (Å²) >= 11 is 3.70. The Hall–Kier alpha value is 0.332. The monoisotopic (exact) mass is 110 g/mol. The first-order valence-electron chi connectivity index (χ1n) is 0.428. The molecule has 22 valence electrons. The van der Waals surface area contributed by atoms with Gasteiger partial charge in [0.25, 0.3) is 0 Å². The van der Waals surface area contributed by atoms with E-state index in [1.807, 2.05) is 0 Å². The molecule has 4 heavy (non-hydrogen) atoms. The van der Waals surface area contributed by atoms with E-state index < -0.39 is 0 Å². The summed E-state index contributed by atoms with van der Waals surface area (Å²) in [6.45, 7) is 0. The van der Waals surface area contributed by atoms with Crippen LogP contribution in [-0.2, 0) is 17.4 Å². The Morgan fingerprint density at radius 3 is 1.75 bits per heavy atom. The molecule has 0 radical (unpaired) electrons. The Morgan fingerprint density at radius 2 is 1.75 bits per heavy atom. The van der Waals surface area contributed by atoms with Gasteiger partial charge in [-0.05, 0) is 0 Å². The Kier molecular flexibility index (Phi) is 22.6. The summed E-state index contributed by atoms with van der Waals surface area (Å²) in [5, 5.41) is 8.47. The maximum Gasteiger partial charge on any atom is 0 e. The minimum atomic E-state index is 0. The molecule has 0 aliphatic rings. The third-order valence-corrected chi connectivity index (χ3v) is 0. The van der Waals surface area contributed by atoms with Gasteiger partial charge >= 0.3 is 0 Å². The van der Waals surface area contributed by atoms with E-state index in [1.165, 1.54) is 5.16 Å². The van der Waals surface area contributed by atoms with Crippen molar-refractivity contribution in [3.63, 3.8) is 0 Å². The van der Waals surface area contributed by atoms with E-state index >= 15 is 0 Å². The molecule has 0 spiro atoms. The van der Waals surface area contributed by atoms with Crippen LogP contribution in [-0.4, -0.2) is 5.16 Å². The summed E-state index contributed by atoms with van der Waals surface area (Å²) in [6.07, 6.45) is 0. The largest absolute Gasteiger partial charge is 0.753 e. The molecule has 0 atom stereocenters. The first kappa shape index (κ1) is 8.84. The molecule has 1 nitrogen and oxygen atoms in total. The van der Waals surface area contributed by atoms with Crippen molar-refractivity contribution in [2.75, 3.05) is 0 Å². The average molecular weight is 110 g/mol. The Labute approximate surface area is 40.7 Å². The summed E-state index contributed by atoms with van der Waals surface area (Å²) < 4.78 is 0. The van der Waals surface area contributed by atoms with Crippen LogP contribution >= 0.6 is 12.2 Å². The summed E-state index contributed by atoms with van der Waals surface area (Å²) in [6, 6.07) is 0. The Balaban J connectivity index is 0. The van der Waals surface area contributed by atoms with Crippen LogP contribution in [0.5, 0.6) is 0 Å². The number of hydrogen-bond donors (Lipinski definition) is 0. The zero-order valence-electron chi connectivity index (χ0n) is 1.76. The summed E-state index contributed by atoms with van der Waals surface area (Å²) in [4.78, 5) is 0. The fraction of sp³-hybridized carbons (Fsp3) is 0. The Morgan fingerprint density at radius 1 is 1.75 bits per heavy atom. The van der Waals surface area contributed by atoms with Crippen LogP contribution in [0.15, 0.2) is 0 Å². The van der Waals surface area contributed by atoms with Gasteiger partial charge in [0.05, 0.1) is 0 Å². The van der Waals surface area contributed by atoms with Crippen LogP contribution in [0.4, 0.5) is 0 Å². The minimum Gasteiger partial charge on any atom is -0.753 e. The van der Waals surface area contributed by atoms with Gasteiger partial charge in [-0.2, -0.15) is 5.16 Å². The van der Waals surface area contributed by atoms with Crippen molar-refractivity contribution >= 4 is 17.4 Å². The molecule has 0 fully saturated rings. The fourth-order valence-corrected chi connectivity index (χ4v) is 0. The number of hydrogen-bond acceptors (Lipinski definition) is 1. The first-order chi connectivity index (χ1) is 1.41. The van der Waals surface area contributed by atoms with Gasteiger partial charge in [0.15, 0.2) is 0 Å². The smallest absolute Gasteiger partial charge is 0 e. The van der Waals surface area contributed by atoms with Crippen molar-refractivity contribution in [2.24, 2.45) is 0 Å². The second-order valence-electron chi connectivity index (χ2n) is 0.0913. The van der Waals surface area contributed by atoms with E-state index in [4.69, 9.17) is 5.41 Å². The predicted octanol–water partition coefficient (Wildman–Crippen LogP) is 0.656. The molecule has 0 aromatic rings. The second kappa shape index (κ2) is 10.2. The van der Waals surface area contributed by atoms with Gasteiger partial charge in [-0.15, -0.1) is 0 Å². The molecule has 0 unspecified atom stereocenters. The molecule has 0 amide bonds. The van der Waals surface area contributed by atoms with Gasteiger partial charge in [0.2, 0.25) is 0 Å². The summed E-state index contributed by atoms with van der Waals surface area (Å²) in [5.74, 6) is 0. The fourth-order valence-electron chi connectivity index (χ4n) is 0. The summed E-state index contributed by atoms with van der Waals surface area (Å²) in [5.41, 5.74) is 0. The number of nitrogens with zero attached hydrogens (tertiary/aromatic N) is 1. The maximum atomic E-state index is 7.13. The van der Waals surface area contributed by atoms with Crippen LogP contribution in [0.1, 0.15) is 0 Å². The molecule has 3 heteroatoms. The molecule has 0 heterocycles. The van der Waals surface area contributed by atoms with Crippen molar-refractivity contribution in [1.29, 1.82) is 0 Å². The van der Waals surface area contributed by atoms with Crippen molar-refractivity contribution < 1.29 is 17.4 Å². The topological polar surface area (TPSA) is 22.3 Å². The number of rotatable bonds is 0. The maximum absolute atomic E-state index is 7.13. The zero-order valence-corrected chi connectivity index (χ0v) is 3.86. The minimum absolute atomic E-state index is 0. The number of thiocarbonyl (C=S) groups is 1. The van der Waals surface area contributed by atoms with Crippen LogP contribution in [0.25, 0.3) is 5.41 Å².